The summed E-state index contributed by atoms with van der Waals surface area (Å²) in [6, 6.07) is 0. The third kappa shape index (κ3) is 3.83. The van der Waals surface area contributed by atoms with Crippen molar-refractivity contribution in [2.45, 2.75) is 12.8 Å². The van der Waals surface area contributed by atoms with Crippen LogP contribution in [0.3, 0.4) is 0 Å². The number of rotatable bonds is 5. The van der Waals surface area contributed by atoms with Crippen molar-refractivity contribution in [2.24, 2.45) is 0 Å². The zero-order valence-corrected chi connectivity index (χ0v) is 9.23. The van der Waals surface area contributed by atoms with Gasteiger partial charge in [0.05, 0.1) is 0 Å². The van der Waals surface area contributed by atoms with E-state index in [1.807, 2.05) is 0 Å². The van der Waals surface area contributed by atoms with Gasteiger partial charge >= 0.3 is 5.97 Å². The van der Waals surface area contributed by atoms with Crippen molar-refractivity contribution in [1.29, 1.82) is 0 Å². The predicted octanol–water partition coefficient (Wildman–Crippen LogP) is -1.64. The summed E-state index contributed by atoms with van der Waals surface area (Å²) in [6.45, 7) is -0.617. The van der Waals surface area contributed by atoms with E-state index in [9.17, 15) is 19.2 Å². The molecule has 1 fully saturated rings. The van der Waals surface area contributed by atoms with Crippen LogP contribution in [0.1, 0.15) is 12.8 Å². The molecule has 0 aliphatic carbocycles. The first kappa shape index (κ1) is 13.1. The molecular formula is C9H12N2O6. The minimum atomic E-state index is -0.891. The lowest BCUT2D eigenvalue weighted by Gasteiger charge is -2.12. The molecule has 0 radical (unpaired) electrons. The standard InChI is InChI=1S/C9H12N2O6/c1-16-5-6(12)10-4-9(15)17-11-7(13)2-3-8(11)14/h2-5H2,1H3,(H,10,12). The smallest absolute Gasteiger partial charge is 0.352 e. The fourth-order valence-electron chi connectivity index (χ4n) is 1.14. The van der Waals surface area contributed by atoms with E-state index in [4.69, 9.17) is 0 Å². The Morgan fingerprint density at radius 1 is 1.29 bits per heavy atom. The second kappa shape index (κ2) is 5.94. The molecule has 8 nitrogen and oxygen atoms in total. The Morgan fingerprint density at radius 3 is 2.41 bits per heavy atom. The molecule has 17 heavy (non-hydrogen) atoms. The maximum absolute atomic E-state index is 11.2. The van der Waals surface area contributed by atoms with Gasteiger partial charge in [0.15, 0.2) is 0 Å². The van der Waals surface area contributed by atoms with E-state index in [0.717, 1.165) is 0 Å². The van der Waals surface area contributed by atoms with E-state index in [2.05, 4.69) is 14.9 Å². The van der Waals surface area contributed by atoms with E-state index in [-0.39, 0.29) is 19.4 Å². The van der Waals surface area contributed by atoms with E-state index in [1.54, 1.807) is 0 Å². The highest BCUT2D eigenvalue weighted by molar-refractivity contribution is 6.01. The Bertz CT molecular complexity index is 337. The van der Waals surface area contributed by atoms with Crippen LogP contribution in [0.2, 0.25) is 0 Å². The van der Waals surface area contributed by atoms with E-state index >= 15 is 0 Å². The molecule has 0 aromatic carbocycles. The lowest BCUT2D eigenvalue weighted by Crippen LogP contribution is -2.38. The summed E-state index contributed by atoms with van der Waals surface area (Å²) in [5.74, 6) is -2.51. The number of amides is 3. The van der Waals surface area contributed by atoms with Gasteiger partial charge < -0.3 is 14.9 Å². The average Bonchev–Trinajstić information content (AvgIpc) is 2.58. The number of hydroxylamine groups is 2. The van der Waals surface area contributed by atoms with Gasteiger partial charge in [-0.1, -0.05) is 0 Å². The lowest BCUT2D eigenvalue weighted by atomic mass is 10.4. The Morgan fingerprint density at radius 2 is 1.88 bits per heavy atom. The molecule has 1 rings (SSSR count). The Balaban J connectivity index is 2.32. The Hall–Kier alpha value is -1.96. The molecule has 1 heterocycles. The van der Waals surface area contributed by atoms with Crippen molar-refractivity contribution < 1.29 is 28.8 Å². The maximum atomic E-state index is 11.2. The summed E-state index contributed by atoms with van der Waals surface area (Å²) in [5, 5.41) is 2.62. The molecule has 8 heteroatoms. The zero-order chi connectivity index (χ0) is 12.8. The van der Waals surface area contributed by atoms with E-state index in [1.165, 1.54) is 7.11 Å². The molecular weight excluding hydrogens is 232 g/mol. The first-order valence-corrected chi connectivity index (χ1v) is 4.87. The fourth-order valence-corrected chi connectivity index (χ4v) is 1.14. The molecule has 0 saturated carbocycles. The zero-order valence-electron chi connectivity index (χ0n) is 9.23. The molecule has 0 unspecified atom stereocenters. The van der Waals surface area contributed by atoms with Gasteiger partial charge in [-0.05, 0) is 0 Å². The second-order valence-electron chi connectivity index (χ2n) is 3.25. The summed E-state index contributed by atoms with van der Waals surface area (Å²) >= 11 is 0. The summed E-state index contributed by atoms with van der Waals surface area (Å²) < 4.78 is 4.52. The highest BCUT2D eigenvalue weighted by atomic mass is 16.7. The van der Waals surface area contributed by atoms with Gasteiger partial charge in [0.25, 0.3) is 11.8 Å². The van der Waals surface area contributed by atoms with Gasteiger partial charge in [0, 0.05) is 20.0 Å². The van der Waals surface area contributed by atoms with Crippen molar-refractivity contribution in [1.82, 2.24) is 10.4 Å². The van der Waals surface area contributed by atoms with Gasteiger partial charge in [0.1, 0.15) is 13.2 Å². The number of carbonyl (C=O) groups is 4. The summed E-state index contributed by atoms with van der Waals surface area (Å²) in [6.07, 6.45) is 0.0598. The largest absolute Gasteiger partial charge is 0.375 e. The summed E-state index contributed by atoms with van der Waals surface area (Å²) in [4.78, 5) is 48.8. The molecule has 94 valence electrons. The number of nitrogens with one attached hydrogen (secondary N) is 1. The average molecular weight is 244 g/mol. The van der Waals surface area contributed by atoms with Crippen molar-refractivity contribution in [3.8, 4) is 0 Å². The number of hydrogen-bond acceptors (Lipinski definition) is 6. The monoisotopic (exact) mass is 244 g/mol. The molecule has 1 aliphatic heterocycles. The van der Waals surface area contributed by atoms with Crippen LogP contribution in [-0.4, -0.2) is 49.0 Å². The number of imide groups is 1. The van der Waals surface area contributed by atoms with E-state index in [0.29, 0.717) is 5.06 Å². The van der Waals surface area contributed by atoms with Crippen molar-refractivity contribution in [2.75, 3.05) is 20.3 Å². The predicted molar refractivity (Wildman–Crippen MR) is 52.1 cm³/mol. The first-order chi connectivity index (χ1) is 8.04. The van der Waals surface area contributed by atoms with Gasteiger partial charge in [-0.2, -0.15) is 0 Å². The molecule has 0 aromatic heterocycles. The van der Waals surface area contributed by atoms with Crippen LogP contribution < -0.4 is 5.32 Å². The Labute approximate surface area is 96.8 Å². The minimum absolute atomic E-state index is 0.0299. The number of nitrogens with zero attached hydrogens (tertiary/aromatic N) is 1. The topological polar surface area (TPSA) is 102 Å². The molecule has 1 aliphatic rings. The van der Waals surface area contributed by atoms with Gasteiger partial charge in [-0.25, -0.2) is 4.79 Å². The van der Waals surface area contributed by atoms with Crippen molar-refractivity contribution in [3.63, 3.8) is 0 Å². The number of carbonyl (C=O) groups excluding carboxylic acids is 4. The number of ether oxygens (including phenoxy) is 1. The number of hydrogen-bond donors (Lipinski definition) is 1. The highest BCUT2D eigenvalue weighted by Crippen LogP contribution is 2.11. The van der Waals surface area contributed by atoms with E-state index < -0.39 is 30.2 Å². The Kier molecular flexibility index (Phi) is 4.58. The lowest BCUT2D eigenvalue weighted by molar-refractivity contribution is -0.196. The van der Waals surface area contributed by atoms with Crippen LogP contribution in [-0.2, 0) is 28.8 Å². The molecule has 1 saturated heterocycles. The quantitative estimate of drug-likeness (QED) is 0.582. The van der Waals surface area contributed by atoms with Crippen LogP contribution in [0.25, 0.3) is 0 Å². The molecule has 3 amide bonds. The van der Waals surface area contributed by atoms with Crippen LogP contribution in [0.15, 0.2) is 0 Å². The molecule has 0 aromatic rings. The van der Waals surface area contributed by atoms with Crippen molar-refractivity contribution in [3.05, 3.63) is 0 Å². The SMILES string of the molecule is COCC(=O)NCC(=O)ON1C(=O)CCC1=O. The molecule has 0 spiro atoms. The molecule has 1 N–H and O–H groups in total. The maximum Gasteiger partial charge on any atom is 0.352 e. The minimum Gasteiger partial charge on any atom is -0.375 e. The third-order valence-corrected chi connectivity index (χ3v) is 1.90. The fraction of sp³-hybridized carbons (Fsp3) is 0.556. The molecule has 0 atom stereocenters. The second-order valence-corrected chi connectivity index (χ2v) is 3.25. The number of methoxy groups -OCH3 is 1. The molecule has 0 bridgehead atoms. The van der Waals surface area contributed by atoms with Crippen LogP contribution in [0.5, 0.6) is 0 Å². The third-order valence-electron chi connectivity index (χ3n) is 1.90. The van der Waals surface area contributed by atoms with Gasteiger partial charge in [-0.15, -0.1) is 5.06 Å². The van der Waals surface area contributed by atoms with Gasteiger partial charge in [-0.3, -0.25) is 14.4 Å². The van der Waals surface area contributed by atoms with Gasteiger partial charge in [0.2, 0.25) is 5.91 Å². The van der Waals surface area contributed by atoms with Crippen LogP contribution in [0.4, 0.5) is 0 Å². The van der Waals surface area contributed by atoms with Crippen LogP contribution >= 0.6 is 0 Å². The summed E-state index contributed by atoms with van der Waals surface area (Å²) in [7, 11) is 1.33. The highest BCUT2D eigenvalue weighted by Gasteiger charge is 2.32. The van der Waals surface area contributed by atoms with Crippen LogP contribution in [0, 0.1) is 0 Å². The first-order valence-electron chi connectivity index (χ1n) is 4.87. The normalized spacial score (nSPS) is 15.0. The van der Waals surface area contributed by atoms with Crippen molar-refractivity contribution >= 4 is 23.7 Å². The summed E-state index contributed by atoms with van der Waals surface area (Å²) in [5.41, 5.74) is 0.